The number of carbonyl (C=O) groups is 1. The molecule has 0 N–H and O–H groups in total. The summed E-state index contributed by atoms with van der Waals surface area (Å²) in [6, 6.07) is 0. The van der Waals surface area contributed by atoms with E-state index in [0.717, 1.165) is 12.8 Å². The molecule has 0 bridgehead atoms. The van der Waals surface area contributed by atoms with Gasteiger partial charge in [-0.05, 0) is 18.8 Å². The number of halogens is 1. The molecule has 1 nitrogen and oxygen atoms in total. The largest absolute Gasteiger partial charge is 0.287 e. The molecular formula is C7H11ClOS. The van der Waals surface area contributed by atoms with E-state index >= 15 is 0 Å². The highest BCUT2D eigenvalue weighted by atomic mass is 35.5. The fraction of sp³-hybridized carbons (Fsp3) is 0.857. The first kappa shape index (κ1) is 8.41. The number of hydrogen-bond donors (Lipinski definition) is 1. The average Bonchev–Trinajstić information content (AvgIpc) is 2.15. The molecule has 1 aliphatic carbocycles. The monoisotopic (exact) mass is 178 g/mol. The van der Waals surface area contributed by atoms with E-state index in [9.17, 15) is 4.79 Å². The number of hydrogen-bond acceptors (Lipinski definition) is 1. The smallest absolute Gasteiger partial charge is 0.186 e. The van der Waals surface area contributed by atoms with Gasteiger partial charge in [-0.3, -0.25) is 4.79 Å². The van der Waals surface area contributed by atoms with Crippen LogP contribution >= 0.6 is 24.2 Å². The maximum atomic E-state index is 10.6. The normalized spacial score (nSPS) is 32.6. The van der Waals surface area contributed by atoms with Gasteiger partial charge in [0, 0.05) is 11.8 Å². The van der Waals surface area contributed by atoms with Gasteiger partial charge in [0.25, 0.3) is 0 Å². The molecule has 0 spiro atoms. The second-order valence-electron chi connectivity index (χ2n) is 2.80. The molecule has 0 radical (unpaired) electrons. The Morgan fingerprint density at radius 2 is 2.30 bits per heavy atom. The number of alkyl halides is 1. The Kier molecular flexibility index (Phi) is 3.05. The van der Waals surface area contributed by atoms with Crippen molar-refractivity contribution < 1.29 is 4.79 Å². The van der Waals surface area contributed by atoms with E-state index in [1.165, 1.54) is 6.42 Å². The zero-order valence-corrected chi connectivity index (χ0v) is 7.37. The van der Waals surface area contributed by atoms with E-state index < -0.39 is 0 Å². The van der Waals surface area contributed by atoms with Crippen molar-refractivity contribution in [2.75, 3.05) is 0 Å². The van der Waals surface area contributed by atoms with Gasteiger partial charge in [-0.2, -0.15) is 0 Å². The summed E-state index contributed by atoms with van der Waals surface area (Å²) < 4.78 is 0. The molecule has 1 rings (SSSR count). The van der Waals surface area contributed by atoms with E-state index in [-0.39, 0.29) is 10.5 Å². The van der Waals surface area contributed by atoms with E-state index in [2.05, 4.69) is 12.6 Å². The molecule has 1 aliphatic rings. The second kappa shape index (κ2) is 3.63. The van der Waals surface area contributed by atoms with Crippen LogP contribution in [-0.2, 0) is 4.79 Å². The molecule has 0 heterocycles. The van der Waals surface area contributed by atoms with E-state index in [1.807, 2.05) is 0 Å². The van der Waals surface area contributed by atoms with Crippen LogP contribution in [0.15, 0.2) is 0 Å². The lowest BCUT2D eigenvalue weighted by Crippen LogP contribution is -2.09. The van der Waals surface area contributed by atoms with Crippen LogP contribution in [0.2, 0.25) is 0 Å². The molecule has 3 heteroatoms. The SMILES string of the molecule is O=C(S)C[C@@H]1CCC[C@H]1Cl. The van der Waals surface area contributed by atoms with Crippen LogP contribution in [0.1, 0.15) is 25.7 Å². The van der Waals surface area contributed by atoms with Gasteiger partial charge >= 0.3 is 0 Å². The molecule has 0 unspecified atom stereocenters. The van der Waals surface area contributed by atoms with Gasteiger partial charge in [0.05, 0.1) is 0 Å². The third-order valence-electron chi connectivity index (χ3n) is 2.00. The summed E-state index contributed by atoms with van der Waals surface area (Å²) in [4.78, 5) is 10.6. The van der Waals surface area contributed by atoms with Gasteiger partial charge in [0.1, 0.15) is 0 Å². The minimum Gasteiger partial charge on any atom is -0.287 e. The highest BCUT2D eigenvalue weighted by Crippen LogP contribution is 2.32. The van der Waals surface area contributed by atoms with Crippen LogP contribution in [0.5, 0.6) is 0 Å². The minimum atomic E-state index is -0.0300. The Labute approximate surface area is 71.5 Å². The Balaban J connectivity index is 2.33. The maximum absolute atomic E-state index is 10.6. The summed E-state index contributed by atoms with van der Waals surface area (Å²) in [6.07, 6.45) is 3.88. The lowest BCUT2D eigenvalue weighted by atomic mass is 10.1. The number of thiol groups is 1. The highest BCUT2D eigenvalue weighted by Gasteiger charge is 2.26. The van der Waals surface area contributed by atoms with Crippen molar-refractivity contribution in [3.05, 3.63) is 0 Å². The summed E-state index contributed by atoms with van der Waals surface area (Å²) in [5.74, 6) is 0.395. The summed E-state index contributed by atoms with van der Waals surface area (Å²) in [5.41, 5.74) is 0. The third-order valence-corrected chi connectivity index (χ3v) is 2.76. The predicted molar refractivity (Wildman–Crippen MR) is 45.6 cm³/mol. The van der Waals surface area contributed by atoms with Crippen LogP contribution in [0.3, 0.4) is 0 Å². The molecule has 0 aromatic rings. The van der Waals surface area contributed by atoms with Crippen molar-refractivity contribution in [1.29, 1.82) is 0 Å². The van der Waals surface area contributed by atoms with Crippen molar-refractivity contribution in [3.8, 4) is 0 Å². The van der Waals surface area contributed by atoms with Crippen LogP contribution in [0, 0.1) is 5.92 Å². The van der Waals surface area contributed by atoms with Crippen LogP contribution in [0.4, 0.5) is 0 Å². The summed E-state index contributed by atoms with van der Waals surface area (Å²) in [7, 11) is 0. The summed E-state index contributed by atoms with van der Waals surface area (Å²) >= 11 is 9.65. The van der Waals surface area contributed by atoms with Crippen molar-refractivity contribution in [3.63, 3.8) is 0 Å². The Bertz CT molecular complexity index is 138. The Morgan fingerprint density at radius 1 is 1.60 bits per heavy atom. The van der Waals surface area contributed by atoms with Crippen LogP contribution in [0.25, 0.3) is 0 Å². The van der Waals surface area contributed by atoms with Gasteiger partial charge < -0.3 is 0 Å². The molecule has 0 aromatic carbocycles. The summed E-state index contributed by atoms with van der Waals surface area (Å²) in [5, 5.41) is 0.189. The van der Waals surface area contributed by atoms with Crippen LogP contribution < -0.4 is 0 Å². The molecule has 1 fully saturated rings. The molecule has 58 valence electrons. The zero-order valence-electron chi connectivity index (χ0n) is 5.72. The zero-order chi connectivity index (χ0) is 7.56. The topological polar surface area (TPSA) is 17.1 Å². The van der Waals surface area contributed by atoms with E-state index in [4.69, 9.17) is 11.6 Å². The van der Waals surface area contributed by atoms with Crippen molar-refractivity contribution in [2.45, 2.75) is 31.1 Å². The average molecular weight is 179 g/mol. The van der Waals surface area contributed by atoms with Gasteiger partial charge in [0.2, 0.25) is 0 Å². The van der Waals surface area contributed by atoms with Gasteiger partial charge in [-0.15, -0.1) is 24.2 Å². The van der Waals surface area contributed by atoms with E-state index in [1.54, 1.807) is 0 Å². The first-order valence-electron chi connectivity index (χ1n) is 3.56. The van der Waals surface area contributed by atoms with Gasteiger partial charge in [-0.1, -0.05) is 6.42 Å². The van der Waals surface area contributed by atoms with Crippen molar-refractivity contribution in [2.24, 2.45) is 5.92 Å². The Morgan fingerprint density at radius 3 is 2.70 bits per heavy atom. The van der Waals surface area contributed by atoms with Crippen molar-refractivity contribution in [1.82, 2.24) is 0 Å². The second-order valence-corrected chi connectivity index (χ2v) is 3.86. The molecule has 1 saturated carbocycles. The quantitative estimate of drug-likeness (QED) is 0.507. The fourth-order valence-electron chi connectivity index (χ4n) is 1.45. The third kappa shape index (κ3) is 2.17. The summed E-state index contributed by atoms with van der Waals surface area (Å²) in [6.45, 7) is 0. The lowest BCUT2D eigenvalue weighted by Gasteiger charge is -2.09. The van der Waals surface area contributed by atoms with Gasteiger partial charge in [0.15, 0.2) is 5.12 Å². The van der Waals surface area contributed by atoms with E-state index in [0.29, 0.717) is 12.3 Å². The predicted octanol–water partition coefficient (Wildman–Crippen LogP) is 2.24. The maximum Gasteiger partial charge on any atom is 0.186 e. The molecule has 0 saturated heterocycles. The first-order valence-corrected chi connectivity index (χ1v) is 4.44. The minimum absolute atomic E-state index is 0.0300. The molecule has 0 amide bonds. The fourth-order valence-corrected chi connectivity index (χ4v) is 2.05. The number of carbonyl (C=O) groups excluding carboxylic acids is 1. The van der Waals surface area contributed by atoms with Crippen molar-refractivity contribution >= 4 is 29.3 Å². The standard InChI is InChI=1S/C7H11ClOS/c8-6-3-1-2-5(6)4-7(9)10/h5-6H,1-4H2,(H,9,10)/t5-,6+/m0/s1. The molecule has 10 heavy (non-hydrogen) atoms. The molecular weight excluding hydrogens is 168 g/mol. The highest BCUT2D eigenvalue weighted by molar-refractivity contribution is 7.96. The molecule has 2 atom stereocenters. The van der Waals surface area contributed by atoms with Crippen LogP contribution in [-0.4, -0.2) is 10.5 Å². The molecule has 0 aromatic heterocycles. The number of rotatable bonds is 2. The lowest BCUT2D eigenvalue weighted by molar-refractivity contribution is -0.111. The Hall–Kier alpha value is 0.310. The first-order chi connectivity index (χ1) is 4.70. The van der Waals surface area contributed by atoms with Gasteiger partial charge in [-0.25, -0.2) is 0 Å². The molecule has 0 aliphatic heterocycles.